The molecule has 39 heavy (non-hydrogen) atoms. The van der Waals surface area contributed by atoms with Crippen LogP contribution in [0.5, 0.6) is 0 Å². The lowest BCUT2D eigenvalue weighted by atomic mass is 10.2. The normalized spacial score (nSPS) is 15.0. The molecule has 1 aliphatic heterocycles. The Morgan fingerprint density at radius 1 is 0.821 bits per heavy atom. The number of allylic oxidation sites excluding steroid dienone is 1. The third-order valence-electron chi connectivity index (χ3n) is 8.29. The molecule has 0 spiro atoms. The average Bonchev–Trinajstić information content (AvgIpc) is 3.46. The summed E-state index contributed by atoms with van der Waals surface area (Å²) in [5.74, 6) is 0. The van der Waals surface area contributed by atoms with Gasteiger partial charge in [0.05, 0.1) is 12.2 Å². The minimum atomic E-state index is -2.36. The zero-order valence-electron chi connectivity index (χ0n) is 24.7. The Bertz CT molecular complexity index is 1520. The van der Waals surface area contributed by atoms with Gasteiger partial charge in [-0.15, -0.1) is 0 Å². The molecule has 3 heterocycles. The fourth-order valence-electron chi connectivity index (χ4n) is 7.27. The van der Waals surface area contributed by atoms with Crippen molar-refractivity contribution in [3.63, 3.8) is 0 Å². The molecule has 4 nitrogen and oxygen atoms in total. The smallest absolute Gasteiger partial charge is 0.147 e. The first-order chi connectivity index (χ1) is 18.4. The van der Waals surface area contributed by atoms with Crippen LogP contribution in [0.15, 0.2) is 96.6 Å². The van der Waals surface area contributed by atoms with E-state index in [4.69, 9.17) is 4.98 Å². The molecule has 0 saturated heterocycles. The van der Waals surface area contributed by atoms with Crippen LogP contribution in [0, 0.1) is 0 Å². The van der Waals surface area contributed by atoms with Crippen LogP contribution in [0.2, 0.25) is 10.1 Å². The molecule has 0 saturated carbocycles. The first kappa shape index (κ1) is 27.0. The Labute approximate surface area is 235 Å². The van der Waals surface area contributed by atoms with Crippen molar-refractivity contribution in [1.82, 2.24) is 14.5 Å². The Kier molecular flexibility index (Phi) is 6.84. The number of fused-ring (bicyclic) bond motifs is 1. The van der Waals surface area contributed by atoms with E-state index in [-0.39, 0.29) is 10.1 Å². The predicted octanol–water partition coefficient (Wildman–Crippen LogP) is 8.10. The number of benzene rings is 2. The molecule has 0 amide bonds. The second-order valence-corrected chi connectivity index (χ2v) is 18.7. The summed E-state index contributed by atoms with van der Waals surface area (Å²) in [5, 5.41) is 4.08. The number of hydrogen-bond acceptors (Lipinski definition) is 3. The van der Waals surface area contributed by atoms with Crippen LogP contribution in [0.4, 0.5) is 5.69 Å². The molecule has 0 radical (unpaired) electrons. The zero-order valence-corrected chi connectivity index (χ0v) is 25.7. The van der Waals surface area contributed by atoms with E-state index in [1.807, 2.05) is 12.3 Å². The van der Waals surface area contributed by atoms with Crippen molar-refractivity contribution in [3.8, 4) is 5.69 Å². The maximum absolute atomic E-state index is 5.03. The third-order valence-corrected chi connectivity index (χ3v) is 15.2. The number of hydrogen-bond donors (Lipinski definition) is 0. The summed E-state index contributed by atoms with van der Waals surface area (Å²) in [7, 11) is -0.255. The van der Waals surface area contributed by atoms with Crippen molar-refractivity contribution in [2.24, 2.45) is 0 Å². The van der Waals surface area contributed by atoms with Gasteiger partial charge in [0.25, 0.3) is 0 Å². The lowest BCUT2D eigenvalue weighted by molar-refractivity contribution is 0.495. The van der Waals surface area contributed by atoms with Gasteiger partial charge >= 0.3 is 0 Å². The molecule has 0 atom stereocenters. The number of anilines is 1. The van der Waals surface area contributed by atoms with Gasteiger partial charge in [0.1, 0.15) is 8.07 Å². The standard InChI is InChI=1S/C34H42N4Si/c1-26(39(33(2,3)4,34(5,6)7)32-18-11-12-19-35-32)22-30-23-27-14-9-10-17-31(27)38(30)29-16-13-15-28(24-29)37-21-20-36(8)25-37/h9-24H,25H2,1-8H3. The summed E-state index contributed by atoms with van der Waals surface area (Å²) in [6.07, 6.45) is 8.70. The highest BCUT2D eigenvalue weighted by Gasteiger charge is 2.56. The minimum Gasteiger partial charge on any atom is -0.361 e. The summed E-state index contributed by atoms with van der Waals surface area (Å²) in [4.78, 5) is 9.51. The number of nitrogens with zero attached hydrogens (tertiary/aromatic N) is 4. The van der Waals surface area contributed by atoms with Gasteiger partial charge < -0.3 is 14.4 Å². The van der Waals surface area contributed by atoms with E-state index in [2.05, 4.69) is 155 Å². The summed E-state index contributed by atoms with van der Waals surface area (Å²) >= 11 is 0. The third kappa shape index (κ3) is 4.63. The maximum atomic E-state index is 5.03. The van der Waals surface area contributed by atoms with Gasteiger partial charge in [0, 0.05) is 53.4 Å². The molecule has 2 aromatic carbocycles. The number of para-hydroxylation sites is 1. The van der Waals surface area contributed by atoms with Crippen molar-refractivity contribution in [3.05, 3.63) is 102 Å². The fraction of sp³-hybridized carbons (Fsp3) is 0.324. The Morgan fingerprint density at radius 2 is 1.51 bits per heavy atom. The van der Waals surface area contributed by atoms with Crippen LogP contribution in [-0.2, 0) is 0 Å². The van der Waals surface area contributed by atoms with Gasteiger partial charge in [0.15, 0.2) is 0 Å². The molecule has 4 aromatic rings. The molecule has 0 N–H and O–H groups in total. The van der Waals surface area contributed by atoms with Crippen molar-refractivity contribution in [2.75, 3.05) is 18.6 Å². The number of pyridine rings is 1. The van der Waals surface area contributed by atoms with E-state index in [0.29, 0.717) is 0 Å². The highest BCUT2D eigenvalue weighted by atomic mass is 28.3. The molecule has 2 aromatic heterocycles. The quantitative estimate of drug-likeness (QED) is 0.242. The van der Waals surface area contributed by atoms with Crippen molar-refractivity contribution in [2.45, 2.75) is 58.5 Å². The van der Waals surface area contributed by atoms with E-state index in [1.165, 1.54) is 38.5 Å². The van der Waals surface area contributed by atoms with Crippen LogP contribution in [0.25, 0.3) is 22.7 Å². The van der Waals surface area contributed by atoms with E-state index >= 15 is 0 Å². The second-order valence-electron chi connectivity index (χ2n) is 12.9. The first-order valence-corrected chi connectivity index (χ1v) is 15.9. The highest BCUT2D eigenvalue weighted by Crippen LogP contribution is 2.54. The monoisotopic (exact) mass is 534 g/mol. The minimum absolute atomic E-state index is 0.0606. The maximum Gasteiger partial charge on any atom is 0.147 e. The topological polar surface area (TPSA) is 24.3 Å². The molecule has 202 valence electrons. The first-order valence-electron chi connectivity index (χ1n) is 13.9. The Balaban J connectivity index is 1.74. The van der Waals surface area contributed by atoms with E-state index in [1.54, 1.807) is 0 Å². The fourth-order valence-corrected chi connectivity index (χ4v) is 14.8. The molecule has 0 aliphatic carbocycles. The van der Waals surface area contributed by atoms with Gasteiger partial charge in [-0.2, -0.15) is 0 Å². The molecule has 5 heteroatoms. The van der Waals surface area contributed by atoms with Crippen molar-refractivity contribution >= 4 is 36.1 Å². The van der Waals surface area contributed by atoms with Crippen molar-refractivity contribution < 1.29 is 0 Å². The lowest BCUT2D eigenvalue weighted by Gasteiger charge is -2.52. The number of aromatic nitrogens is 2. The number of rotatable bonds is 5. The summed E-state index contributed by atoms with van der Waals surface area (Å²) < 4.78 is 2.43. The molecule has 0 fully saturated rings. The van der Waals surface area contributed by atoms with Gasteiger partial charge in [-0.1, -0.05) is 77.1 Å². The Morgan fingerprint density at radius 3 is 2.15 bits per heavy atom. The molecule has 0 unspecified atom stereocenters. The van der Waals surface area contributed by atoms with Crippen LogP contribution >= 0.6 is 0 Å². The van der Waals surface area contributed by atoms with E-state index < -0.39 is 8.07 Å². The van der Waals surface area contributed by atoms with Gasteiger partial charge in [0.2, 0.25) is 0 Å². The Hall–Kier alpha value is -3.57. The second kappa shape index (κ2) is 9.87. The van der Waals surface area contributed by atoms with Crippen LogP contribution in [-0.4, -0.2) is 36.2 Å². The summed E-state index contributed by atoms with van der Waals surface area (Å²) in [6.45, 7) is 17.7. The lowest BCUT2D eigenvalue weighted by Crippen LogP contribution is -2.63. The van der Waals surface area contributed by atoms with Crippen LogP contribution < -0.4 is 10.2 Å². The van der Waals surface area contributed by atoms with Gasteiger partial charge in [-0.3, -0.25) is 4.98 Å². The van der Waals surface area contributed by atoms with E-state index in [0.717, 1.165) is 6.67 Å². The molecular weight excluding hydrogens is 492 g/mol. The predicted molar refractivity (Wildman–Crippen MR) is 170 cm³/mol. The molecule has 1 aliphatic rings. The van der Waals surface area contributed by atoms with Gasteiger partial charge in [-0.25, -0.2) is 0 Å². The average molecular weight is 535 g/mol. The van der Waals surface area contributed by atoms with E-state index in [9.17, 15) is 0 Å². The summed E-state index contributed by atoms with van der Waals surface area (Å²) in [6, 6.07) is 26.4. The van der Waals surface area contributed by atoms with Crippen LogP contribution in [0.3, 0.4) is 0 Å². The molecule has 5 rings (SSSR count). The SMILES string of the molecule is CC(=Cc1cc2ccccc2n1-c1cccc(N2C=CN(C)C2)c1)[Si](c1ccccn1)(C(C)(C)C)C(C)(C)C. The molecule has 0 bridgehead atoms. The van der Waals surface area contributed by atoms with Gasteiger partial charge in [-0.05, 0) is 65.5 Å². The van der Waals surface area contributed by atoms with Crippen LogP contribution in [0.1, 0.15) is 54.2 Å². The summed E-state index contributed by atoms with van der Waals surface area (Å²) in [5.41, 5.74) is 4.80. The largest absolute Gasteiger partial charge is 0.361 e. The zero-order chi connectivity index (χ0) is 28.0. The highest BCUT2D eigenvalue weighted by molar-refractivity contribution is 7.01. The molecular formula is C34H42N4Si. The van der Waals surface area contributed by atoms with Crippen molar-refractivity contribution in [1.29, 1.82) is 0 Å².